The number of carbonyl (C=O) groups is 2. The first-order chi connectivity index (χ1) is 17.1. The molecular formula is C30H40N2O3. The standard InChI is InChI=1S/C30H40N2O3/c1-3-20-31-21-12-13-22-32(30(34)24(4-2)23-14-6-5-7-15-23)26-17-9-11-19-28(26)35-27-18-10-8-16-25(27)29(31)33/h5-8,10,14-16,18,24,26,28H,3-4,9,11-13,17,19-22H2,1-2H3/t24?,26-,28+/m1/s1. The summed E-state index contributed by atoms with van der Waals surface area (Å²) in [6.45, 7) is 6.35. The summed E-state index contributed by atoms with van der Waals surface area (Å²) in [6, 6.07) is 17.9. The molecule has 0 N–H and O–H groups in total. The molecule has 2 aromatic rings. The number of hydrogen-bond acceptors (Lipinski definition) is 3. The zero-order valence-corrected chi connectivity index (χ0v) is 21.3. The van der Waals surface area contributed by atoms with Crippen LogP contribution in [0.25, 0.3) is 0 Å². The maximum Gasteiger partial charge on any atom is 0.257 e. The first kappa shape index (κ1) is 25.3. The van der Waals surface area contributed by atoms with Crippen molar-refractivity contribution in [2.75, 3.05) is 19.6 Å². The maximum atomic E-state index is 14.1. The van der Waals surface area contributed by atoms with Crippen LogP contribution < -0.4 is 4.74 Å². The van der Waals surface area contributed by atoms with Crippen LogP contribution in [0.1, 0.15) is 87.1 Å². The van der Waals surface area contributed by atoms with E-state index in [0.29, 0.717) is 24.4 Å². The van der Waals surface area contributed by atoms with Gasteiger partial charge in [-0.1, -0.05) is 62.7 Å². The lowest BCUT2D eigenvalue weighted by atomic mass is 9.88. The highest BCUT2D eigenvalue weighted by Crippen LogP contribution is 2.33. The van der Waals surface area contributed by atoms with Crippen LogP contribution in [-0.4, -0.2) is 53.4 Å². The molecule has 1 unspecified atom stereocenters. The lowest BCUT2D eigenvalue weighted by Gasteiger charge is -2.42. The van der Waals surface area contributed by atoms with Crippen LogP contribution in [0, 0.1) is 0 Å². The molecule has 5 heteroatoms. The van der Waals surface area contributed by atoms with Crippen LogP contribution in [0.4, 0.5) is 0 Å². The van der Waals surface area contributed by atoms with Gasteiger partial charge >= 0.3 is 0 Å². The molecule has 1 aliphatic carbocycles. The topological polar surface area (TPSA) is 49.9 Å². The van der Waals surface area contributed by atoms with Crippen LogP contribution in [0.15, 0.2) is 54.6 Å². The highest BCUT2D eigenvalue weighted by atomic mass is 16.5. The first-order valence-electron chi connectivity index (χ1n) is 13.5. The molecule has 2 aliphatic rings. The third kappa shape index (κ3) is 5.88. The van der Waals surface area contributed by atoms with E-state index in [0.717, 1.165) is 63.5 Å². The van der Waals surface area contributed by atoms with Crippen molar-refractivity contribution in [3.05, 3.63) is 65.7 Å². The van der Waals surface area contributed by atoms with Gasteiger partial charge in [-0.3, -0.25) is 9.59 Å². The predicted octanol–water partition coefficient (Wildman–Crippen LogP) is 6.05. The predicted molar refractivity (Wildman–Crippen MR) is 140 cm³/mol. The Labute approximate surface area is 210 Å². The van der Waals surface area contributed by atoms with Gasteiger partial charge in [-0.15, -0.1) is 0 Å². The molecule has 0 saturated heterocycles. The number of amides is 2. The van der Waals surface area contributed by atoms with Gasteiger partial charge in [0.2, 0.25) is 5.91 Å². The SMILES string of the molecule is CCCN1CCCCN(C(=O)C(CC)c2ccccc2)[C@@H]2CCCC[C@@H]2Oc2ccccc2C1=O. The van der Waals surface area contributed by atoms with E-state index >= 15 is 0 Å². The molecule has 188 valence electrons. The van der Waals surface area contributed by atoms with Gasteiger partial charge in [0, 0.05) is 19.6 Å². The second kappa shape index (κ2) is 12.2. The van der Waals surface area contributed by atoms with Gasteiger partial charge < -0.3 is 14.5 Å². The summed E-state index contributed by atoms with van der Waals surface area (Å²) in [7, 11) is 0. The average Bonchev–Trinajstić information content (AvgIpc) is 2.89. The molecule has 0 spiro atoms. The summed E-state index contributed by atoms with van der Waals surface area (Å²) in [5, 5.41) is 0. The Morgan fingerprint density at radius 1 is 0.943 bits per heavy atom. The summed E-state index contributed by atoms with van der Waals surface area (Å²) < 4.78 is 6.63. The van der Waals surface area contributed by atoms with Crippen molar-refractivity contribution in [2.24, 2.45) is 0 Å². The zero-order valence-electron chi connectivity index (χ0n) is 21.3. The summed E-state index contributed by atoms with van der Waals surface area (Å²) in [6.07, 6.45) is 7.39. The van der Waals surface area contributed by atoms with Crippen molar-refractivity contribution in [1.82, 2.24) is 9.80 Å². The number of hydrogen-bond donors (Lipinski definition) is 0. The van der Waals surface area contributed by atoms with E-state index in [1.54, 1.807) is 0 Å². The van der Waals surface area contributed by atoms with Crippen LogP contribution in [-0.2, 0) is 4.79 Å². The fraction of sp³-hybridized carbons (Fsp3) is 0.533. The lowest BCUT2D eigenvalue weighted by Crippen LogP contribution is -2.52. The largest absolute Gasteiger partial charge is 0.487 e. The van der Waals surface area contributed by atoms with Gasteiger partial charge in [0.25, 0.3) is 5.91 Å². The average molecular weight is 477 g/mol. The number of nitrogens with zero attached hydrogens (tertiary/aromatic N) is 2. The van der Waals surface area contributed by atoms with Crippen molar-refractivity contribution in [3.63, 3.8) is 0 Å². The smallest absolute Gasteiger partial charge is 0.257 e. The quantitative estimate of drug-likeness (QED) is 0.528. The van der Waals surface area contributed by atoms with Gasteiger partial charge in [0.15, 0.2) is 0 Å². The minimum Gasteiger partial charge on any atom is -0.487 e. The highest BCUT2D eigenvalue weighted by molar-refractivity contribution is 5.97. The molecule has 3 atom stereocenters. The summed E-state index contributed by atoms with van der Waals surface area (Å²) >= 11 is 0. The van der Waals surface area contributed by atoms with Gasteiger partial charge in [-0.25, -0.2) is 0 Å². The fourth-order valence-electron chi connectivity index (χ4n) is 5.70. The number of carbonyl (C=O) groups excluding carboxylic acids is 2. The molecule has 35 heavy (non-hydrogen) atoms. The van der Waals surface area contributed by atoms with Gasteiger partial charge in [0.05, 0.1) is 17.5 Å². The third-order valence-corrected chi connectivity index (χ3v) is 7.51. The van der Waals surface area contributed by atoms with E-state index in [1.165, 1.54) is 0 Å². The highest BCUT2D eigenvalue weighted by Gasteiger charge is 2.37. The van der Waals surface area contributed by atoms with Crippen LogP contribution in [0.3, 0.4) is 0 Å². The number of rotatable bonds is 5. The summed E-state index contributed by atoms with van der Waals surface area (Å²) in [5.41, 5.74) is 1.73. The number of benzene rings is 2. The van der Waals surface area contributed by atoms with Gasteiger partial charge in [0.1, 0.15) is 11.9 Å². The number of fused-ring (bicyclic) bond motifs is 2. The fourth-order valence-corrected chi connectivity index (χ4v) is 5.70. The normalized spacial score (nSPS) is 22.2. The van der Waals surface area contributed by atoms with Crippen molar-refractivity contribution in [2.45, 2.75) is 83.3 Å². The molecule has 1 aliphatic heterocycles. The van der Waals surface area contributed by atoms with Crippen LogP contribution in [0.5, 0.6) is 5.75 Å². The number of ether oxygens (including phenoxy) is 1. The Morgan fingerprint density at radius 3 is 2.43 bits per heavy atom. The molecule has 4 rings (SSSR count). The van der Waals surface area contributed by atoms with Crippen LogP contribution in [0.2, 0.25) is 0 Å². The van der Waals surface area contributed by atoms with E-state index in [1.807, 2.05) is 47.4 Å². The van der Waals surface area contributed by atoms with E-state index in [-0.39, 0.29) is 29.9 Å². The molecule has 5 nitrogen and oxygen atoms in total. The molecule has 2 aromatic carbocycles. The van der Waals surface area contributed by atoms with E-state index in [2.05, 4.69) is 30.9 Å². The Bertz CT molecular complexity index is 977. The summed E-state index contributed by atoms with van der Waals surface area (Å²) in [4.78, 5) is 31.6. The Balaban J connectivity index is 1.68. The third-order valence-electron chi connectivity index (χ3n) is 7.51. The second-order valence-electron chi connectivity index (χ2n) is 9.91. The molecule has 0 aromatic heterocycles. The summed E-state index contributed by atoms with van der Waals surface area (Å²) in [5.74, 6) is 0.778. The Kier molecular flexibility index (Phi) is 8.84. The van der Waals surface area contributed by atoms with Crippen molar-refractivity contribution >= 4 is 11.8 Å². The van der Waals surface area contributed by atoms with Gasteiger partial charge in [-0.2, -0.15) is 0 Å². The van der Waals surface area contributed by atoms with Crippen molar-refractivity contribution in [1.29, 1.82) is 0 Å². The molecule has 1 saturated carbocycles. The van der Waals surface area contributed by atoms with Crippen molar-refractivity contribution < 1.29 is 14.3 Å². The minimum absolute atomic E-state index is 0.0309. The molecular weight excluding hydrogens is 436 g/mol. The van der Waals surface area contributed by atoms with Gasteiger partial charge in [-0.05, 0) is 62.6 Å². The first-order valence-corrected chi connectivity index (χ1v) is 13.5. The molecule has 2 amide bonds. The number of para-hydroxylation sites is 1. The Morgan fingerprint density at radius 2 is 1.66 bits per heavy atom. The van der Waals surface area contributed by atoms with E-state index in [4.69, 9.17) is 4.74 Å². The van der Waals surface area contributed by atoms with E-state index in [9.17, 15) is 9.59 Å². The molecule has 0 radical (unpaired) electrons. The Hall–Kier alpha value is -2.82. The van der Waals surface area contributed by atoms with E-state index < -0.39 is 0 Å². The van der Waals surface area contributed by atoms with Crippen LogP contribution >= 0.6 is 0 Å². The molecule has 1 heterocycles. The zero-order chi connectivity index (χ0) is 24.6. The monoisotopic (exact) mass is 476 g/mol. The maximum absolute atomic E-state index is 14.1. The van der Waals surface area contributed by atoms with Crippen molar-refractivity contribution in [3.8, 4) is 5.75 Å². The lowest BCUT2D eigenvalue weighted by molar-refractivity contribution is -0.138. The molecule has 0 bridgehead atoms. The minimum atomic E-state index is -0.142. The molecule has 1 fully saturated rings. The second-order valence-corrected chi connectivity index (χ2v) is 9.91.